The lowest BCUT2D eigenvalue weighted by atomic mass is 10.0. The quantitative estimate of drug-likeness (QED) is 0.663. The molecule has 2 rings (SSSR count). The summed E-state index contributed by atoms with van der Waals surface area (Å²) in [6.07, 6.45) is 1.54. The van der Waals surface area contributed by atoms with Crippen LogP contribution in [0.15, 0.2) is 24.4 Å². The number of hydrogen-bond acceptors (Lipinski definition) is 4. The van der Waals surface area contributed by atoms with Gasteiger partial charge in [-0.1, -0.05) is 23.7 Å². The summed E-state index contributed by atoms with van der Waals surface area (Å²) in [6, 6.07) is 4.14. The first kappa shape index (κ1) is 13.8. The molecule has 2 aromatic rings. The van der Waals surface area contributed by atoms with E-state index in [1.807, 2.05) is 0 Å². The standard InChI is InChI=1S/C12H14ClFN4O/c1-18-12(9(19-2)6-16-18)11(17-15)7-4-3-5-8(13)10(7)14/h3-6,11,17H,15H2,1-2H3. The van der Waals surface area contributed by atoms with Crippen molar-refractivity contribution in [1.82, 2.24) is 15.2 Å². The van der Waals surface area contributed by atoms with E-state index in [1.54, 1.807) is 30.1 Å². The molecule has 19 heavy (non-hydrogen) atoms. The number of nitrogens with one attached hydrogen (secondary N) is 1. The van der Waals surface area contributed by atoms with Gasteiger partial charge in [0.05, 0.1) is 24.4 Å². The molecule has 1 unspecified atom stereocenters. The smallest absolute Gasteiger partial charge is 0.161 e. The number of benzene rings is 1. The molecule has 0 amide bonds. The number of ether oxygens (including phenoxy) is 1. The minimum absolute atomic E-state index is 0.0406. The van der Waals surface area contributed by atoms with E-state index in [0.717, 1.165) is 0 Å². The van der Waals surface area contributed by atoms with Gasteiger partial charge in [-0.2, -0.15) is 5.10 Å². The van der Waals surface area contributed by atoms with Crippen LogP contribution in [-0.2, 0) is 7.05 Å². The second kappa shape index (κ2) is 5.56. The molecule has 0 fully saturated rings. The molecular formula is C12H14ClFN4O. The van der Waals surface area contributed by atoms with Crippen LogP contribution >= 0.6 is 11.6 Å². The minimum Gasteiger partial charge on any atom is -0.493 e. The van der Waals surface area contributed by atoms with Gasteiger partial charge in [0, 0.05) is 12.6 Å². The van der Waals surface area contributed by atoms with Crippen LogP contribution in [0.4, 0.5) is 4.39 Å². The first-order chi connectivity index (χ1) is 9.10. The summed E-state index contributed by atoms with van der Waals surface area (Å²) in [5.41, 5.74) is 3.51. The molecule has 0 bridgehead atoms. The molecule has 102 valence electrons. The van der Waals surface area contributed by atoms with E-state index in [-0.39, 0.29) is 5.02 Å². The van der Waals surface area contributed by atoms with Crippen molar-refractivity contribution in [3.8, 4) is 5.75 Å². The predicted molar refractivity (Wildman–Crippen MR) is 70.3 cm³/mol. The average molecular weight is 285 g/mol. The van der Waals surface area contributed by atoms with Gasteiger partial charge in [-0.05, 0) is 6.07 Å². The minimum atomic E-state index is -0.610. The number of hydrazine groups is 1. The highest BCUT2D eigenvalue weighted by molar-refractivity contribution is 6.30. The van der Waals surface area contributed by atoms with Crippen molar-refractivity contribution in [3.63, 3.8) is 0 Å². The van der Waals surface area contributed by atoms with Crippen molar-refractivity contribution in [2.24, 2.45) is 12.9 Å². The summed E-state index contributed by atoms with van der Waals surface area (Å²) in [4.78, 5) is 0. The van der Waals surface area contributed by atoms with E-state index in [2.05, 4.69) is 10.5 Å². The number of halogens is 2. The van der Waals surface area contributed by atoms with Crippen LogP contribution in [0.2, 0.25) is 5.02 Å². The number of aromatic nitrogens is 2. The highest BCUT2D eigenvalue weighted by atomic mass is 35.5. The summed E-state index contributed by atoms with van der Waals surface area (Å²) in [7, 11) is 3.24. The van der Waals surface area contributed by atoms with E-state index >= 15 is 0 Å². The van der Waals surface area contributed by atoms with E-state index in [9.17, 15) is 4.39 Å². The van der Waals surface area contributed by atoms with Crippen LogP contribution in [0.1, 0.15) is 17.3 Å². The Morgan fingerprint density at radius 1 is 1.53 bits per heavy atom. The van der Waals surface area contributed by atoms with Gasteiger partial charge in [-0.3, -0.25) is 10.5 Å². The monoisotopic (exact) mass is 284 g/mol. The van der Waals surface area contributed by atoms with Gasteiger partial charge in [0.2, 0.25) is 0 Å². The molecule has 0 aliphatic heterocycles. The Morgan fingerprint density at radius 2 is 2.26 bits per heavy atom. The highest BCUT2D eigenvalue weighted by Gasteiger charge is 2.24. The molecule has 0 saturated heterocycles. The lowest BCUT2D eigenvalue weighted by Gasteiger charge is -2.19. The Kier molecular flexibility index (Phi) is 4.04. The molecule has 0 saturated carbocycles. The van der Waals surface area contributed by atoms with Crippen molar-refractivity contribution >= 4 is 11.6 Å². The van der Waals surface area contributed by atoms with E-state index < -0.39 is 11.9 Å². The number of nitrogens with two attached hydrogens (primary N) is 1. The second-order valence-electron chi connectivity index (χ2n) is 3.96. The topological polar surface area (TPSA) is 65.1 Å². The molecule has 1 heterocycles. The third kappa shape index (κ3) is 2.42. The molecule has 0 aliphatic rings. The van der Waals surface area contributed by atoms with Gasteiger partial charge >= 0.3 is 0 Å². The van der Waals surface area contributed by atoms with Crippen molar-refractivity contribution in [2.45, 2.75) is 6.04 Å². The van der Waals surface area contributed by atoms with Gasteiger partial charge in [0.1, 0.15) is 11.5 Å². The molecular weight excluding hydrogens is 271 g/mol. The maximum Gasteiger partial charge on any atom is 0.161 e. The fourth-order valence-electron chi connectivity index (χ4n) is 1.97. The van der Waals surface area contributed by atoms with Gasteiger partial charge in [-0.15, -0.1) is 0 Å². The molecule has 0 radical (unpaired) electrons. The van der Waals surface area contributed by atoms with Crippen LogP contribution in [0.3, 0.4) is 0 Å². The van der Waals surface area contributed by atoms with Gasteiger partial charge in [0.25, 0.3) is 0 Å². The Balaban J connectivity index is 2.56. The van der Waals surface area contributed by atoms with Crippen molar-refractivity contribution < 1.29 is 9.13 Å². The van der Waals surface area contributed by atoms with E-state index in [1.165, 1.54) is 13.2 Å². The van der Waals surface area contributed by atoms with Crippen molar-refractivity contribution in [3.05, 3.63) is 46.5 Å². The molecule has 3 N–H and O–H groups in total. The summed E-state index contributed by atoms with van der Waals surface area (Å²) >= 11 is 5.79. The summed E-state index contributed by atoms with van der Waals surface area (Å²) in [5, 5.41) is 4.12. The molecule has 5 nitrogen and oxygen atoms in total. The molecule has 0 spiro atoms. The Labute approximate surface area is 115 Å². The average Bonchev–Trinajstić information content (AvgIpc) is 2.77. The van der Waals surface area contributed by atoms with E-state index in [0.29, 0.717) is 17.0 Å². The summed E-state index contributed by atoms with van der Waals surface area (Å²) in [6.45, 7) is 0. The van der Waals surface area contributed by atoms with Gasteiger partial charge in [-0.25, -0.2) is 9.82 Å². The SMILES string of the molecule is COc1cnn(C)c1C(NN)c1cccc(Cl)c1F. The predicted octanol–water partition coefficient (Wildman–Crippen LogP) is 1.77. The van der Waals surface area contributed by atoms with Crippen LogP contribution in [0.25, 0.3) is 0 Å². The van der Waals surface area contributed by atoms with Gasteiger partial charge in [0.15, 0.2) is 5.75 Å². The molecule has 0 aliphatic carbocycles. The largest absolute Gasteiger partial charge is 0.493 e. The maximum atomic E-state index is 14.1. The van der Waals surface area contributed by atoms with Crippen LogP contribution in [0, 0.1) is 5.82 Å². The van der Waals surface area contributed by atoms with Crippen LogP contribution in [0.5, 0.6) is 5.75 Å². The fraction of sp³-hybridized carbons (Fsp3) is 0.250. The lowest BCUT2D eigenvalue weighted by Crippen LogP contribution is -2.31. The summed E-state index contributed by atoms with van der Waals surface area (Å²) in [5.74, 6) is 5.55. The van der Waals surface area contributed by atoms with Crippen LogP contribution < -0.4 is 16.0 Å². The van der Waals surface area contributed by atoms with Gasteiger partial charge < -0.3 is 4.74 Å². The summed E-state index contributed by atoms with van der Waals surface area (Å²) < 4.78 is 20.9. The molecule has 1 atom stereocenters. The number of nitrogens with zero attached hydrogens (tertiary/aromatic N) is 2. The first-order valence-electron chi connectivity index (χ1n) is 5.56. The highest BCUT2D eigenvalue weighted by Crippen LogP contribution is 2.32. The molecule has 7 heteroatoms. The van der Waals surface area contributed by atoms with Crippen molar-refractivity contribution in [1.29, 1.82) is 0 Å². The Morgan fingerprint density at radius 3 is 2.89 bits per heavy atom. The second-order valence-corrected chi connectivity index (χ2v) is 4.37. The maximum absolute atomic E-state index is 14.1. The Bertz CT molecular complexity index is 587. The number of methoxy groups -OCH3 is 1. The number of rotatable bonds is 4. The van der Waals surface area contributed by atoms with Crippen molar-refractivity contribution in [2.75, 3.05) is 7.11 Å². The third-order valence-corrected chi connectivity index (χ3v) is 3.19. The first-order valence-corrected chi connectivity index (χ1v) is 5.93. The number of aryl methyl sites for hydroxylation is 1. The zero-order valence-corrected chi connectivity index (χ0v) is 11.3. The zero-order chi connectivity index (χ0) is 14.0. The number of hydrogen-bond donors (Lipinski definition) is 2. The normalized spacial score (nSPS) is 12.5. The molecule has 1 aromatic heterocycles. The fourth-order valence-corrected chi connectivity index (χ4v) is 2.15. The lowest BCUT2D eigenvalue weighted by molar-refractivity contribution is 0.400. The van der Waals surface area contributed by atoms with E-state index in [4.69, 9.17) is 22.2 Å². The third-order valence-electron chi connectivity index (χ3n) is 2.90. The zero-order valence-electron chi connectivity index (χ0n) is 10.5. The molecule has 1 aromatic carbocycles. The van der Waals surface area contributed by atoms with Crippen LogP contribution in [-0.4, -0.2) is 16.9 Å². The Hall–Kier alpha value is -1.63.